The maximum absolute atomic E-state index is 13.7. The summed E-state index contributed by atoms with van der Waals surface area (Å²) in [4.78, 5) is 63.1. The Morgan fingerprint density at radius 1 is 1.07 bits per heavy atom. The third-order valence-electron chi connectivity index (χ3n) is 8.93. The van der Waals surface area contributed by atoms with E-state index in [4.69, 9.17) is 33.0 Å². The Morgan fingerprint density at radius 3 is 2.45 bits per heavy atom. The third-order valence-corrected chi connectivity index (χ3v) is 10.3. The van der Waals surface area contributed by atoms with Crippen LogP contribution in [0.4, 0.5) is 0 Å². The normalized spacial score (nSPS) is 33.0. The van der Waals surface area contributed by atoms with Crippen LogP contribution in [0.5, 0.6) is 11.5 Å². The molecule has 40 heavy (non-hydrogen) atoms. The number of carboxylic acids is 1. The number of phenols is 1. The van der Waals surface area contributed by atoms with Gasteiger partial charge < -0.3 is 14.9 Å². The number of hydrogen-bond donors (Lipinski definition) is 2. The number of aromatic hydroxyl groups is 1. The minimum atomic E-state index is -1.98. The fourth-order valence-corrected chi connectivity index (χ4v) is 8.00. The number of nitrogens with zero attached hydrogens (tertiary/aromatic N) is 2. The second-order valence-electron chi connectivity index (χ2n) is 11.0. The number of halogens is 2. The largest absolute Gasteiger partial charge is 0.508 e. The van der Waals surface area contributed by atoms with Gasteiger partial charge in [0.25, 0.3) is 11.8 Å². The summed E-state index contributed by atoms with van der Waals surface area (Å²) in [6, 6.07) is 4.54. The standard InChI is InChI=1S/C28H30Cl2N2O8/c1-31-25(38)27(29)13-18-15(22(28(27,30)26(31)39)16-8-7-14(40-2)12-19(16)33)9-10-17-21(18)24(37)32(23(17)36)11-5-3-4-6-20(34)35/h7-9,12,17-18,21-22,33H,3-6,10-11,13H2,1-2H3,(H,34,35). The average molecular weight is 593 g/mol. The molecule has 2 heterocycles. The highest BCUT2D eigenvalue weighted by molar-refractivity contribution is 6.53. The molecule has 6 unspecified atom stereocenters. The summed E-state index contributed by atoms with van der Waals surface area (Å²) in [5, 5.41) is 19.9. The quantitative estimate of drug-likeness (QED) is 0.203. The summed E-state index contributed by atoms with van der Waals surface area (Å²) >= 11 is 14.2. The lowest BCUT2D eigenvalue weighted by Gasteiger charge is -2.50. The van der Waals surface area contributed by atoms with Gasteiger partial charge in [0.15, 0.2) is 9.75 Å². The van der Waals surface area contributed by atoms with E-state index >= 15 is 0 Å². The van der Waals surface area contributed by atoms with Crippen LogP contribution in [-0.4, -0.2) is 80.1 Å². The first-order valence-electron chi connectivity index (χ1n) is 13.2. The molecule has 2 aliphatic heterocycles. The number of unbranched alkanes of at least 4 members (excludes halogenated alkanes) is 2. The fraction of sp³-hybridized carbons (Fsp3) is 0.536. The molecule has 2 N–H and O–H groups in total. The van der Waals surface area contributed by atoms with Crippen molar-refractivity contribution in [3.8, 4) is 11.5 Å². The van der Waals surface area contributed by atoms with Crippen LogP contribution >= 0.6 is 23.2 Å². The molecule has 3 fully saturated rings. The molecule has 6 atom stereocenters. The Bertz CT molecular complexity index is 1350. The van der Waals surface area contributed by atoms with E-state index in [1.54, 1.807) is 18.2 Å². The Morgan fingerprint density at radius 2 is 1.80 bits per heavy atom. The van der Waals surface area contributed by atoms with Crippen LogP contribution < -0.4 is 4.74 Å². The lowest BCUT2D eigenvalue weighted by molar-refractivity contribution is -0.141. The van der Waals surface area contributed by atoms with Gasteiger partial charge in [0.2, 0.25) is 11.8 Å². The fourth-order valence-electron chi connectivity index (χ4n) is 6.99. The van der Waals surface area contributed by atoms with E-state index < -0.39 is 51.2 Å². The molecule has 0 radical (unpaired) electrons. The summed E-state index contributed by atoms with van der Waals surface area (Å²) in [6.07, 6.45) is 3.38. The first-order chi connectivity index (χ1) is 18.9. The van der Waals surface area contributed by atoms with Crippen molar-refractivity contribution in [3.05, 3.63) is 35.4 Å². The number of hydrogen-bond acceptors (Lipinski definition) is 7. The molecule has 4 amide bonds. The number of fused-ring (bicyclic) bond motifs is 4. The van der Waals surface area contributed by atoms with Crippen molar-refractivity contribution in [2.24, 2.45) is 17.8 Å². The van der Waals surface area contributed by atoms with E-state index in [0.717, 1.165) is 4.90 Å². The van der Waals surface area contributed by atoms with Gasteiger partial charge in [-0.3, -0.25) is 33.8 Å². The lowest BCUT2D eigenvalue weighted by Crippen LogP contribution is -2.60. The molecule has 4 aliphatic rings. The Kier molecular flexibility index (Phi) is 7.15. The first-order valence-corrected chi connectivity index (χ1v) is 14.0. The monoisotopic (exact) mass is 592 g/mol. The van der Waals surface area contributed by atoms with Gasteiger partial charge in [-0.1, -0.05) is 24.1 Å². The van der Waals surface area contributed by atoms with Gasteiger partial charge in [0, 0.05) is 37.6 Å². The second-order valence-corrected chi connectivity index (χ2v) is 12.2. The SMILES string of the molecule is COc1ccc(C2C3=CCC4C(=O)N(CCCCCC(=O)O)C(=O)C4C3CC3(Cl)C(=O)N(C)C(=O)C23Cl)c(O)c1. The molecule has 214 valence electrons. The summed E-state index contributed by atoms with van der Waals surface area (Å²) in [5.41, 5.74) is 0.854. The minimum absolute atomic E-state index is 0.0151. The van der Waals surface area contributed by atoms with Crippen molar-refractivity contribution < 1.29 is 38.9 Å². The van der Waals surface area contributed by atoms with Crippen molar-refractivity contribution in [2.45, 2.75) is 54.2 Å². The van der Waals surface area contributed by atoms with Gasteiger partial charge in [-0.05, 0) is 37.7 Å². The minimum Gasteiger partial charge on any atom is -0.508 e. The number of rotatable bonds is 8. The summed E-state index contributed by atoms with van der Waals surface area (Å²) in [6.45, 7) is 0.167. The number of likely N-dealkylation sites (tertiary alicyclic amines) is 2. The lowest BCUT2D eigenvalue weighted by atomic mass is 9.56. The molecule has 5 rings (SSSR count). The number of amides is 4. The number of phenolic OH excluding ortho intramolecular Hbond substituents is 1. The molecule has 1 aromatic rings. The summed E-state index contributed by atoms with van der Waals surface area (Å²) in [7, 11) is 2.75. The van der Waals surface area contributed by atoms with E-state index in [9.17, 15) is 29.1 Å². The molecule has 2 saturated heterocycles. The van der Waals surface area contributed by atoms with Crippen LogP contribution in [0.15, 0.2) is 29.8 Å². The smallest absolute Gasteiger partial charge is 0.303 e. The van der Waals surface area contributed by atoms with Gasteiger partial charge in [-0.25, -0.2) is 0 Å². The van der Waals surface area contributed by atoms with E-state index in [1.165, 1.54) is 25.1 Å². The molecular formula is C28H30Cl2N2O8. The average Bonchev–Trinajstić information content (AvgIpc) is 3.23. The van der Waals surface area contributed by atoms with Crippen LogP contribution in [0, 0.1) is 17.8 Å². The zero-order valence-electron chi connectivity index (χ0n) is 22.1. The number of aliphatic carboxylic acids is 1. The van der Waals surface area contributed by atoms with Crippen LogP contribution in [0.3, 0.4) is 0 Å². The number of carbonyl (C=O) groups excluding carboxylic acids is 4. The van der Waals surface area contributed by atoms with Gasteiger partial charge in [-0.2, -0.15) is 0 Å². The second kappa shape index (κ2) is 10.1. The number of carbonyl (C=O) groups is 5. The number of allylic oxidation sites excluding steroid dienone is 2. The number of carboxylic acid groups (broad SMARTS) is 1. The van der Waals surface area contributed by atoms with Crippen molar-refractivity contribution in [2.75, 3.05) is 20.7 Å². The number of ether oxygens (including phenoxy) is 1. The summed E-state index contributed by atoms with van der Waals surface area (Å²) in [5.74, 6) is -6.01. The Labute approximate surface area is 240 Å². The van der Waals surface area contributed by atoms with Gasteiger partial charge >= 0.3 is 5.97 Å². The molecular weight excluding hydrogens is 563 g/mol. The number of imide groups is 2. The molecule has 12 heteroatoms. The van der Waals surface area contributed by atoms with Crippen LogP contribution in [0.1, 0.15) is 50.0 Å². The molecule has 0 aromatic heterocycles. The Hall–Kier alpha value is -3.11. The van der Waals surface area contributed by atoms with Crippen LogP contribution in [0.2, 0.25) is 0 Å². The van der Waals surface area contributed by atoms with Gasteiger partial charge in [-0.15, -0.1) is 23.2 Å². The Balaban J connectivity index is 1.54. The van der Waals surface area contributed by atoms with Crippen molar-refractivity contribution in [1.29, 1.82) is 0 Å². The molecule has 1 aromatic carbocycles. The topological polar surface area (TPSA) is 142 Å². The highest BCUT2D eigenvalue weighted by atomic mass is 35.5. The highest BCUT2D eigenvalue weighted by Crippen LogP contribution is 2.66. The number of alkyl halides is 2. The molecule has 1 saturated carbocycles. The molecule has 0 spiro atoms. The number of benzene rings is 1. The maximum Gasteiger partial charge on any atom is 0.303 e. The zero-order valence-corrected chi connectivity index (χ0v) is 23.6. The van der Waals surface area contributed by atoms with Crippen molar-refractivity contribution >= 4 is 52.8 Å². The summed E-state index contributed by atoms with van der Waals surface area (Å²) < 4.78 is 5.20. The predicted molar refractivity (Wildman–Crippen MR) is 143 cm³/mol. The third kappa shape index (κ3) is 3.94. The molecule has 2 aliphatic carbocycles. The molecule has 0 bridgehead atoms. The van der Waals surface area contributed by atoms with Gasteiger partial charge in [0.05, 0.1) is 18.9 Å². The van der Waals surface area contributed by atoms with E-state index in [2.05, 4.69) is 0 Å². The number of methoxy groups -OCH3 is 1. The van der Waals surface area contributed by atoms with Crippen molar-refractivity contribution in [1.82, 2.24) is 9.80 Å². The van der Waals surface area contributed by atoms with E-state index in [-0.39, 0.29) is 48.9 Å². The molecule has 10 nitrogen and oxygen atoms in total. The zero-order chi connectivity index (χ0) is 29.1. The highest BCUT2D eigenvalue weighted by Gasteiger charge is 2.76. The van der Waals surface area contributed by atoms with Crippen LogP contribution in [-0.2, 0) is 24.0 Å². The predicted octanol–water partition coefficient (Wildman–Crippen LogP) is 3.03. The first kappa shape index (κ1) is 28.4. The van der Waals surface area contributed by atoms with Crippen molar-refractivity contribution in [3.63, 3.8) is 0 Å². The van der Waals surface area contributed by atoms with Crippen LogP contribution in [0.25, 0.3) is 0 Å². The van der Waals surface area contributed by atoms with Gasteiger partial charge in [0.1, 0.15) is 11.5 Å². The maximum atomic E-state index is 13.7. The van der Waals surface area contributed by atoms with E-state index in [1.807, 2.05) is 0 Å². The van der Waals surface area contributed by atoms with E-state index in [0.29, 0.717) is 30.6 Å².